The van der Waals surface area contributed by atoms with Crippen molar-refractivity contribution in [2.75, 3.05) is 0 Å². The molecule has 21 heavy (non-hydrogen) atoms. The summed E-state index contributed by atoms with van der Waals surface area (Å²) in [5.74, 6) is 0. The van der Waals surface area contributed by atoms with Crippen LogP contribution in [0.4, 0.5) is 0 Å². The van der Waals surface area contributed by atoms with Crippen LogP contribution in [0.3, 0.4) is 0 Å². The van der Waals surface area contributed by atoms with Gasteiger partial charge in [-0.1, -0.05) is 61.6 Å². The molecular weight excluding hydrogens is 397 g/mol. The standard InChI is InChI=1S/C17H17P.2ClH.Zr/c1-2-6-14(7-3-1)15-10-12-17(13-11-15)18-16-8-4-5-9-16;;;/h1-3,6-7,10,12-13,16H,4-5,8-9H2;2*1H;/q-2;;;+4/p-2. The average molecular weight is 414 g/mol. The molecule has 0 aromatic heterocycles. The number of hydrogen-bond donors (Lipinski definition) is 0. The van der Waals surface area contributed by atoms with E-state index in [1.54, 1.807) is 0 Å². The van der Waals surface area contributed by atoms with Gasteiger partial charge in [0.15, 0.2) is 0 Å². The second kappa shape index (κ2) is 11.0. The Bertz CT molecular complexity index is 496. The molecule has 1 aliphatic carbocycles. The van der Waals surface area contributed by atoms with E-state index in [1.807, 2.05) is 0 Å². The molecule has 0 unspecified atom stereocenters. The summed E-state index contributed by atoms with van der Waals surface area (Å²) < 4.78 is 0. The summed E-state index contributed by atoms with van der Waals surface area (Å²) >= 11 is 0. The number of benzene rings is 2. The molecule has 0 spiro atoms. The maximum Gasteiger partial charge on any atom is 4.00 e. The van der Waals surface area contributed by atoms with Crippen molar-refractivity contribution in [3.05, 3.63) is 54.6 Å². The molecule has 0 radical (unpaired) electrons. The van der Waals surface area contributed by atoms with Crippen LogP contribution in [-0.4, -0.2) is 5.66 Å². The van der Waals surface area contributed by atoms with Crippen molar-refractivity contribution in [3.8, 4) is 11.1 Å². The molecule has 4 heteroatoms. The van der Waals surface area contributed by atoms with Gasteiger partial charge in [0.2, 0.25) is 0 Å². The molecular formula is C17H17Cl2PZr. The second-order valence-corrected chi connectivity index (χ2v) is 6.40. The maximum atomic E-state index is 3.42. The topological polar surface area (TPSA) is 0 Å². The molecule has 1 saturated carbocycles. The van der Waals surface area contributed by atoms with E-state index < -0.39 is 0 Å². The smallest absolute Gasteiger partial charge is 1.00 e. The molecule has 2 aromatic rings. The number of hydrogen-bond acceptors (Lipinski definition) is 0. The fourth-order valence-electron chi connectivity index (χ4n) is 2.54. The molecule has 0 nitrogen and oxygen atoms in total. The van der Waals surface area contributed by atoms with E-state index in [-0.39, 0.29) is 51.0 Å². The van der Waals surface area contributed by atoms with Crippen LogP contribution in [0.2, 0.25) is 0 Å². The summed E-state index contributed by atoms with van der Waals surface area (Å²) in [6.45, 7) is 0. The van der Waals surface area contributed by atoms with Crippen LogP contribution in [0.25, 0.3) is 11.1 Å². The van der Waals surface area contributed by atoms with E-state index in [0.29, 0.717) is 0 Å². The van der Waals surface area contributed by atoms with E-state index in [2.05, 4.69) is 54.6 Å². The van der Waals surface area contributed by atoms with Gasteiger partial charge in [-0.25, -0.2) is 0 Å². The minimum absolute atomic E-state index is 0. The predicted molar refractivity (Wildman–Crippen MR) is 79.5 cm³/mol. The van der Waals surface area contributed by atoms with Crippen molar-refractivity contribution in [1.82, 2.24) is 0 Å². The van der Waals surface area contributed by atoms with Gasteiger partial charge in [-0.3, -0.25) is 5.30 Å². The first-order valence-electron chi connectivity index (χ1n) is 6.70. The Morgan fingerprint density at radius 1 is 0.905 bits per heavy atom. The number of halogens is 2. The van der Waals surface area contributed by atoms with Crippen LogP contribution in [0.5, 0.6) is 0 Å². The third-order valence-electron chi connectivity index (χ3n) is 3.54. The van der Waals surface area contributed by atoms with Gasteiger partial charge in [-0.05, 0) is 0 Å². The molecule has 0 bridgehead atoms. The summed E-state index contributed by atoms with van der Waals surface area (Å²) in [5, 5.41) is 1.42. The van der Waals surface area contributed by atoms with E-state index in [1.165, 1.54) is 50.7 Å². The van der Waals surface area contributed by atoms with Gasteiger partial charge < -0.3 is 33.4 Å². The molecule has 0 saturated heterocycles. The Labute approximate surface area is 161 Å². The van der Waals surface area contributed by atoms with Crippen molar-refractivity contribution in [2.45, 2.75) is 31.3 Å². The molecule has 0 heterocycles. The fourth-order valence-corrected chi connectivity index (χ4v) is 3.88. The SMILES string of the molecule is [Cl-].[Cl-].[Zr+4].[c-]1cc([P-]C2CCCC2)ccc1-c1ccccc1. The summed E-state index contributed by atoms with van der Waals surface area (Å²) in [5.41, 5.74) is 3.34. The van der Waals surface area contributed by atoms with Crippen LogP contribution < -0.4 is 30.1 Å². The van der Waals surface area contributed by atoms with Gasteiger partial charge in [0.1, 0.15) is 0 Å². The average Bonchev–Trinajstić information content (AvgIpc) is 2.94. The van der Waals surface area contributed by atoms with Crippen molar-refractivity contribution in [1.29, 1.82) is 0 Å². The molecule has 3 rings (SSSR count). The first kappa shape index (κ1) is 21.3. The van der Waals surface area contributed by atoms with E-state index >= 15 is 0 Å². The quantitative estimate of drug-likeness (QED) is 0.432. The Hall–Kier alpha value is 0.333. The van der Waals surface area contributed by atoms with Crippen LogP contribution >= 0.6 is 8.58 Å². The fraction of sp³-hybridized carbons (Fsp3) is 0.294. The summed E-state index contributed by atoms with van der Waals surface area (Å²) in [4.78, 5) is 0. The Balaban J connectivity index is 0.00000133. The van der Waals surface area contributed by atoms with Gasteiger partial charge >= 0.3 is 26.2 Å². The Kier molecular flexibility index (Phi) is 11.1. The van der Waals surface area contributed by atoms with Gasteiger partial charge in [-0.15, -0.1) is 17.7 Å². The predicted octanol–water partition coefficient (Wildman–Crippen LogP) is -1.33. The Morgan fingerprint density at radius 3 is 2.14 bits per heavy atom. The van der Waals surface area contributed by atoms with Gasteiger partial charge in [-0.2, -0.15) is 17.8 Å². The molecule has 108 valence electrons. The van der Waals surface area contributed by atoms with Crippen LogP contribution in [0, 0.1) is 6.07 Å². The van der Waals surface area contributed by atoms with E-state index in [9.17, 15) is 0 Å². The van der Waals surface area contributed by atoms with E-state index in [0.717, 1.165) is 5.66 Å². The van der Waals surface area contributed by atoms with Crippen LogP contribution in [0.15, 0.2) is 48.5 Å². The largest absolute Gasteiger partial charge is 4.00 e. The van der Waals surface area contributed by atoms with Crippen molar-refractivity contribution >= 4 is 13.9 Å². The van der Waals surface area contributed by atoms with Gasteiger partial charge in [0, 0.05) is 0 Å². The monoisotopic (exact) mass is 412 g/mol. The molecule has 0 atom stereocenters. The minimum Gasteiger partial charge on any atom is -1.00 e. The van der Waals surface area contributed by atoms with Gasteiger partial charge in [0.05, 0.1) is 0 Å². The van der Waals surface area contributed by atoms with Crippen molar-refractivity contribution in [3.63, 3.8) is 0 Å². The molecule has 0 aliphatic heterocycles. The third kappa shape index (κ3) is 6.15. The maximum absolute atomic E-state index is 3.42. The van der Waals surface area contributed by atoms with Crippen LogP contribution in [-0.2, 0) is 26.2 Å². The normalized spacial score (nSPS) is 14.3. The molecule has 1 fully saturated rings. The first-order valence-corrected chi connectivity index (χ1v) is 7.66. The molecule has 0 amide bonds. The van der Waals surface area contributed by atoms with Crippen molar-refractivity contribution < 1.29 is 51.0 Å². The van der Waals surface area contributed by atoms with Crippen molar-refractivity contribution in [2.24, 2.45) is 0 Å². The van der Waals surface area contributed by atoms with Crippen LogP contribution in [0.1, 0.15) is 25.7 Å². The summed E-state index contributed by atoms with van der Waals surface area (Å²) in [6.07, 6.45) is 5.65. The first-order chi connectivity index (χ1) is 8.92. The Morgan fingerprint density at radius 2 is 1.57 bits per heavy atom. The molecule has 0 N–H and O–H groups in total. The summed E-state index contributed by atoms with van der Waals surface area (Å²) in [6, 6.07) is 20.5. The number of rotatable bonds is 3. The van der Waals surface area contributed by atoms with Gasteiger partial charge in [0.25, 0.3) is 0 Å². The zero-order chi connectivity index (χ0) is 12.2. The molecule has 1 aliphatic rings. The second-order valence-electron chi connectivity index (χ2n) is 4.89. The third-order valence-corrected chi connectivity index (χ3v) is 5.00. The van der Waals surface area contributed by atoms with E-state index in [4.69, 9.17) is 0 Å². The minimum atomic E-state index is 0. The summed E-state index contributed by atoms with van der Waals surface area (Å²) in [7, 11) is 1.50. The zero-order valence-electron chi connectivity index (χ0n) is 11.7. The molecule has 2 aromatic carbocycles. The zero-order valence-corrected chi connectivity index (χ0v) is 16.6.